The predicted octanol–water partition coefficient (Wildman–Crippen LogP) is 4.54. The zero-order chi connectivity index (χ0) is 13.6. The van der Waals surface area contributed by atoms with Crippen LogP contribution in [-0.2, 0) is 0 Å². The van der Waals surface area contributed by atoms with E-state index >= 15 is 0 Å². The van der Waals surface area contributed by atoms with Crippen LogP contribution in [0.3, 0.4) is 0 Å². The molecule has 1 aromatic rings. The summed E-state index contributed by atoms with van der Waals surface area (Å²) in [5, 5.41) is 18.7. The third-order valence-electron chi connectivity index (χ3n) is 3.13. The van der Waals surface area contributed by atoms with Crippen LogP contribution in [0.5, 0.6) is 0 Å². The first-order valence-corrected chi connectivity index (χ1v) is 7.01. The molecule has 1 aromatic carbocycles. The van der Waals surface area contributed by atoms with Crippen molar-refractivity contribution in [3.8, 4) is 12.1 Å². The van der Waals surface area contributed by atoms with E-state index in [0.29, 0.717) is 6.42 Å². The van der Waals surface area contributed by atoms with E-state index in [4.69, 9.17) is 0 Å². The maximum Gasteiger partial charge on any atom is 0.150 e. The number of nitrogens with zero attached hydrogens (tertiary/aromatic N) is 2. The molecule has 92 valence electrons. The monoisotopic (exact) mass is 350 g/mol. The lowest BCUT2D eigenvalue weighted by atomic mass is 9.74. The number of allylic oxidation sites excluding steroid dienone is 1. The topological polar surface area (TPSA) is 47.6 Å². The van der Waals surface area contributed by atoms with Gasteiger partial charge in [0.2, 0.25) is 0 Å². The Bertz CT molecular complexity index is 490. The molecule has 0 spiro atoms. The zero-order valence-corrected chi connectivity index (χ0v) is 12.7. The third-order valence-corrected chi connectivity index (χ3v) is 3.88. The average molecular weight is 350 g/mol. The SMILES string of the molecule is CC(C)C(C#N)(C#N)C/C(=C\I)c1ccccc1. The molecule has 0 fully saturated rings. The van der Waals surface area contributed by atoms with Gasteiger partial charge in [-0.05, 0) is 21.1 Å². The molecule has 0 N–H and O–H groups in total. The van der Waals surface area contributed by atoms with Crippen LogP contribution in [0.15, 0.2) is 34.4 Å². The molecular formula is C15H15IN2. The van der Waals surface area contributed by atoms with Crippen LogP contribution in [0.2, 0.25) is 0 Å². The van der Waals surface area contributed by atoms with E-state index in [1.165, 1.54) is 0 Å². The highest BCUT2D eigenvalue weighted by Crippen LogP contribution is 2.37. The molecule has 0 bridgehead atoms. The van der Waals surface area contributed by atoms with Crippen LogP contribution in [0.4, 0.5) is 0 Å². The highest BCUT2D eigenvalue weighted by Gasteiger charge is 2.35. The molecule has 0 radical (unpaired) electrons. The molecule has 0 aromatic heterocycles. The van der Waals surface area contributed by atoms with Crippen LogP contribution >= 0.6 is 22.6 Å². The fourth-order valence-electron chi connectivity index (χ4n) is 1.72. The number of hydrogen-bond acceptors (Lipinski definition) is 2. The van der Waals surface area contributed by atoms with Gasteiger partial charge in [-0.3, -0.25) is 0 Å². The van der Waals surface area contributed by atoms with E-state index in [1.54, 1.807) is 0 Å². The molecule has 0 atom stereocenters. The second-order valence-corrected chi connectivity index (χ2v) is 5.15. The standard InChI is InChI=1S/C15H15IN2/c1-12(2)15(10-17,11-18)8-14(9-16)13-6-4-3-5-7-13/h3-7,9,12H,8H2,1-2H3/b14-9+. The Hall–Kier alpha value is -1.33. The minimum Gasteiger partial charge on any atom is -0.197 e. The maximum absolute atomic E-state index is 9.34. The lowest BCUT2D eigenvalue weighted by molar-refractivity contribution is 0.378. The second kappa shape index (κ2) is 6.56. The van der Waals surface area contributed by atoms with E-state index in [0.717, 1.165) is 11.1 Å². The van der Waals surface area contributed by atoms with Crippen molar-refractivity contribution in [2.24, 2.45) is 11.3 Å². The summed E-state index contributed by atoms with van der Waals surface area (Å²) in [4.78, 5) is 0. The summed E-state index contributed by atoms with van der Waals surface area (Å²) in [6.45, 7) is 3.84. The highest BCUT2D eigenvalue weighted by atomic mass is 127. The minimum atomic E-state index is -0.952. The molecule has 0 heterocycles. The summed E-state index contributed by atoms with van der Waals surface area (Å²) in [6.07, 6.45) is 0.463. The largest absolute Gasteiger partial charge is 0.197 e. The van der Waals surface area contributed by atoms with Gasteiger partial charge in [0.1, 0.15) is 5.41 Å². The Morgan fingerprint density at radius 3 is 2.22 bits per heavy atom. The van der Waals surface area contributed by atoms with Gasteiger partial charge < -0.3 is 0 Å². The van der Waals surface area contributed by atoms with Gasteiger partial charge in [0.15, 0.2) is 0 Å². The quantitative estimate of drug-likeness (QED) is 0.749. The van der Waals surface area contributed by atoms with Crippen LogP contribution < -0.4 is 0 Å². The molecule has 0 saturated carbocycles. The smallest absolute Gasteiger partial charge is 0.150 e. The van der Waals surface area contributed by atoms with Crippen LogP contribution in [0.25, 0.3) is 5.57 Å². The van der Waals surface area contributed by atoms with Gasteiger partial charge in [0.25, 0.3) is 0 Å². The lowest BCUT2D eigenvalue weighted by Crippen LogP contribution is -2.23. The normalized spacial score (nSPS) is 12.0. The average Bonchev–Trinajstić information content (AvgIpc) is 2.41. The Morgan fingerprint density at radius 2 is 1.83 bits per heavy atom. The molecule has 0 amide bonds. The Kier molecular flexibility index (Phi) is 5.37. The summed E-state index contributed by atoms with van der Waals surface area (Å²) >= 11 is 2.17. The van der Waals surface area contributed by atoms with Crippen molar-refractivity contribution in [1.29, 1.82) is 10.5 Å². The number of hydrogen-bond donors (Lipinski definition) is 0. The van der Waals surface area contributed by atoms with Crippen LogP contribution in [0, 0.1) is 34.0 Å². The number of benzene rings is 1. The molecule has 1 rings (SSSR count). The van der Waals surface area contributed by atoms with Crippen molar-refractivity contribution < 1.29 is 0 Å². The zero-order valence-electron chi connectivity index (χ0n) is 10.5. The van der Waals surface area contributed by atoms with Crippen molar-refractivity contribution in [3.63, 3.8) is 0 Å². The molecule has 3 heteroatoms. The van der Waals surface area contributed by atoms with Gasteiger partial charge in [-0.2, -0.15) is 10.5 Å². The third kappa shape index (κ3) is 3.11. The minimum absolute atomic E-state index is 0.00237. The van der Waals surface area contributed by atoms with Crippen molar-refractivity contribution >= 4 is 28.2 Å². The fourth-order valence-corrected chi connectivity index (χ4v) is 2.30. The second-order valence-electron chi connectivity index (χ2n) is 4.53. The molecule has 18 heavy (non-hydrogen) atoms. The molecule has 0 aliphatic rings. The van der Waals surface area contributed by atoms with Crippen molar-refractivity contribution in [2.45, 2.75) is 20.3 Å². The predicted molar refractivity (Wildman–Crippen MR) is 81.6 cm³/mol. The van der Waals surface area contributed by atoms with E-state index in [1.807, 2.05) is 48.3 Å². The molecule has 0 saturated heterocycles. The van der Waals surface area contributed by atoms with E-state index in [-0.39, 0.29) is 5.92 Å². The first-order valence-electron chi connectivity index (χ1n) is 5.77. The lowest BCUT2D eigenvalue weighted by Gasteiger charge is -2.24. The van der Waals surface area contributed by atoms with Crippen molar-refractivity contribution in [1.82, 2.24) is 0 Å². The first-order chi connectivity index (χ1) is 8.59. The molecule has 2 nitrogen and oxygen atoms in total. The summed E-state index contributed by atoms with van der Waals surface area (Å²) in [6, 6.07) is 14.3. The Balaban J connectivity index is 3.09. The van der Waals surface area contributed by atoms with Gasteiger partial charge in [0, 0.05) is 6.42 Å². The van der Waals surface area contributed by atoms with Crippen molar-refractivity contribution in [3.05, 3.63) is 40.0 Å². The summed E-state index contributed by atoms with van der Waals surface area (Å²) in [5.74, 6) is 0.00237. The van der Waals surface area contributed by atoms with Gasteiger partial charge in [-0.15, -0.1) is 0 Å². The molecule has 0 unspecified atom stereocenters. The van der Waals surface area contributed by atoms with Gasteiger partial charge >= 0.3 is 0 Å². The fraction of sp³-hybridized carbons (Fsp3) is 0.333. The Labute approximate surface area is 122 Å². The molecule has 0 aliphatic heterocycles. The number of rotatable bonds is 4. The van der Waals surface area contributed by atoms with E-state index < -0.39 is 5.41 Å². The maximum atomic E-state index is 9.34. The van der Waals surface area contributed by atoms with Gasteiger partial charge in [-0.25, -0.2) is 0 Å². The molecule has 0 aliphatic carbocycles. The van der Waals surface area contributed by atoms with Crippen molar-refractivity contribution in [2.75, 3.05) is 0 Å². The number of halogens is 1. The van der Waals surface area contributed by atoms with Gasteiger partial charge in [0.05, 0.1) is 12.1 Å². The van der Waals surface area contributed by atoms with Gasteiger partial charge in [-0.1, -0.05) is 66.8 Å². The molecular weight excluding hydrogens is 335 g/mol. The van der Waals surface area contributed by atoms with Crippen LogP contribution in [0.1, 0.15) is 25.8 Å². The Morgan fingerprint density at radius 1 is 1.28 bits per heavy atom. The summed E-state index contributed by atoms with van der Waals surface area (Å²) in [5.41, 5.74) is 1.16. The van der Waals surface area contributed by atoms with Crippen LogP contribution in [-0.4, -0.2) is 0 Å². The summed E-state index contributed by atoms with van der Waals surface area (Å²) < 4.78 is 1.96. The first kappa shape index (κ1) is 14.7. The summed E-state index contributed by atoms with van der Waals surface area (Å²) in [7, 11) is 0. The van der Waals surface area contributed by atoms with E-state index in [9.17, 15) is 10.5 Å². The number of nitriles is 2. The van der Waals surface area contributed by atoms with E-state index in [2.05, 4.69) is 34.7 Å². The highest BCUT2D eigenvalue weighted by molar-refractivity contribution is 14.1.